The lowest BCUT2D eigenvalue weighted by Crippen LogP contribution is -2.37. The summed E-state index contributed by atoms with van der Waals surface area (Å²) in [5.41, 5.74) is 0.829. The van der Waals surface area contributed by atoms with Crippen LogP contribution in [0.25, 0.3) is 0 Å². The van der Waals surface area contributed by atoms with Gasteiger partial charge in [0.05, 0.1) is 12.6 Å². The van der Waals surface area contributed by atoms with Gasteiger partial charge >= 0.3 is 6.03 Å². The van der Waals surface area contributed by atoms with Crippen LogP contribution < -0.4 is 5.32 Å². The van der Waals surface area contributed by atoms with Crippen molar-refractivity contribution in [3.05, 3.63) is 59.5 Å². The summed E-state index contributed by atoms with van der Waals surface area (Å²) in [4.78, 5) is 26.8. The van der Waals surface area contributed by atoms with E-state index in [0.717, 1.165) is 5.56 Å². The molecule has 7 nitrogen and oxygen atoms in total. The molecule has 1 heterocycles. The molecular weight excluding hydrogens is 334 g/mol. The summed E-state index contributed by atoms with van der Waals surface area (Å²) in [5, 5.41) is 12.9. The van der Waals surface area contributed by atoms with Crippen molar-refractivity contribution in [2.75, 3.05) is 27.7 Å². The molecule has 0 radical (unpaired) electrons. The topological polar surface area (TPSA) is 86.0 Å². The molecule has 26 heavy (non-hydrogen) atoms. The van der Waals surface area contributed by atoms with E-state index in [-0.39, 0.29) is 24.2 Å². The van der Waals surface area contributed by atoms with Gasteiger partial charge in [-0.1, -0.05) is 30.3 Å². The maximum atomic E-state index is 12.1. The minimum atomic E-state index is -0.615. The quantitative estimate of drug-likeness (QED) is 0.794. The average molecular weight is 359 g/mol. The van der Waals surface area contributed by atoms with Crippen molar-refractivity contribution in [3.8, 4) is 0 Å². The van der Waals surface area contributed by atoms with Gasteiger partial charge in [0.15, 0.2) is 5.76 Å². The number of rotatable bonds is 7. The maximum absolute atomic E-state index is 12.1. The monoisotopic (exact) mass is 359 g/mol. The first-order valence-corrected chi connectivity index (χ1v) is 8.41. The fraction of sp³-hybridized carbons (Fsp3) is 0.368. The first-order chi connectivity index (χ1) is 12.4. The first kappa shape index (κ1) is 19.5. The van der Waals surface area contributed by atoms with E-state index in [4.69, 9.17) is 4.42 Å². The Morgan fingerprint density at radius 3 is 2.46 bits per heavy atom. The van der Waals surface area contributed by atoms with Crippen molar-refractivity contribution < 1.29 is 19.1 Å². The van der Waals surface area contributed by atoms with E-state index < -0.39 is 6.10 Å². The van der Waals surface area contributed by atoms with Crippen LogP contribution in [0.5, 0.6) is 0 Å². The number of hydrogen-bond acceptors (Lipinski definition) is 4. The molecule has 0 aliphatic heterocycles. The average Bonchev–Trinajstić information content (AvgIpc) is 3.12. The highest BCUT2D eigenvalue weighted by Crippen LogP contribution is 2.16. The Balaban J connectivity index is 1.78. The molecule has 0 spiro atoms. The number of aliphatic hydroxyl groups is 1. The van der Waals surface area contributed by atoms with Crippen LogP contribution in [0.1, 0.15) is 34.4 Å². The Morgan fingerprint density at radius 2 is 1.81 bits per heavy atom. The molecule has 0 aliphatic carbocycles. The third kappa shape index (κ3) is 5.35. The van der Waals surface area contributed by atoms with Gasteiger partial charge in [-0.2, -0.15) is 0 Å². The first-order valence-electron chi connectivity index (χ1n) is 8.41. The zero-order valence-electron chi connectivity index (χ0n) is 15.3. The normalized spacial score (nSPS) is 11.7. The van der Waals surface area contributed by atoms with Crippen molar-refractivity contribution in [1.82, 2.24) is 15.1 Å². The van der Waals surface area contributed by atoms with Gasteiger partial charge in [-0.3, -0.25) is 4.79 Å². The van der Waals surface area contributed by atoms with Crippen molar-refractivity contribution in [2.24, 2.45) is 0 Å². The Morgan fingerprint density at radius 1 is 1.12 bits per heavy atom. The van der Waals surface area contributed by atoms with Crippen LogP contribution in [-0.2, 0) is 6.54 Å². The third-order valence-corrected chi connectivity index (χ3v) is 3.96. The summed E-state index contributed by atoms with van der Waals surface area (Å²) in [6.45, 7) is 0.593. The standard InChI is InChI=1S/C19H25N3O4/c1-21(2)18(24)17-10-9-15(26-17)13-20-19(25)22(3)12-11-16(23)14-7-5-4-6-8-14/h4-10,16,23H,11-13H2,1-3H3,(H,20,25). The Labute approximate surface area is 153 Å². The third-order valence-electron chi connectivity index (χ3n) is 3.96. The molecule has 2 N–H and O–H groups in total. The number of urea groups is 1. The fourth-order valence-electron chi connectivity index (χ4n) is 2.37. The van der Waals surface area contributed by atoms with Crippen LogP contribution in [0.15, 0.2) is 46.9 Å². The van der Waals surface area contributed by atoms with E-state index in [9.17, 15) is 14.7 Å². The summed E-state index contributed by atoms with van der Waals surface area (Å²) in [6.07, 6.45) is -0.174. The molecule has 0 bridgehead atoms. The molecule has 2 aromatic rings. The Kier molecular flexibility index (Phi) is 6.80. The van der Waals surface area contributed by atoms with Crippen LogP contribution in [0.4, 0.5) is 4.79 Å². The maximum Gasteiger partial charge on any atom is 0.317 e. The van der Waals surface area contributed by atoms with Crippen molar-refractivity contribution in [3.63, 3.8) is 0 Å². The molecule has 3 amide bonds. The number of carbonyl (C=O) groups is 2. The largest absolute Gasteiger partial charge is 0.454 e. The van der Waals surface area contributed by atoms with Gasteiger partial charge in [-0.05, 0) is 24.1 Å². The molecule has 140 valence electrons. The molecule has 1 aromatic carbocycles. The molecule has 0 aliphatic rings. The lowest BCUT2D eigenvalue weighted by molar-refractivity contribution is 0.0794. The second kappa shape index (κ2) is 9.05. The minimum absolute atomic E-state index is 0.186. The Bertz CT molecular complexity index is 727. The zero-order chi connectivity index (χ0) is 19.1. The SMILES string of the molecule is CN(C)C(=O)c1ccc(CNC(=O)N(C)CCC(O)c2ccccc2)o1. The summed E-state index contributed by atoms with van der Waals surface area (Å²) >= 11 is 0. The number of nitrogens with one attached hydrogen (secondary N) is 1. The molecule has 7 heteroatoms. The molecule has 0 saturated heterocycles. The zero-order valence-corrected chi connectivity index (χ0v) is 15.3. The van der Waals surface area contributed by atoms with Gasteiger partial charge in [-0.15, -0.1) is 0 Å². The van der Waals surface area contributed by atoms with Gasteiger partial charge in [0.25, 0.3) is 5.91 Å². The number of hydrogen-bond donors (Lipinski definition) is 2. The lowest BCUT2D eigenvalue weighted by atomic mass is 10.1. The molecule has 2 rings (SSSR count). The van der Waals surface area contributed by atoms with Gasteiger partial charge in [0, 0.05) is 27.7 Å². The number of furan rings is 1. The van der Waals surface area contributed by atoms with Crippen LogP contribution in [0.2, 0.25) is 0 Å². The second-order valence-corrected chi connectivity index (χ2v) is 6.26. The predicted octanol–water partition coefficient (Wildman–Crippen LogP) is 2.25. The smallest absolute Gasteiger partial charge is 0.317 e. The molecule has 1 atom stereocenters. The van der Waals surface area contributed by atoms with Crippen molar-refractivity contribution >= 4 is 11.9 Å². The highest BCUT2D eigenvalue weighted by Gasteiger charge is 2.15. The molecule has 0 saturated carbocycles. The van der Waals surface area contributed by atoms with E-state index in [1.54, 1.807) is 33.3 Å². The highest BCUT2D eigenvalue weighted by atomic mass is 16.4. The van der Waals surface area contributed by atoms with Crippen LogP contribution in [0.3, 0.4) is 0 Å². The van der Waals surface area contributed by atoms with E-state index in [0.29, 0.717) is 18.7 Å². The van der Waals surface area contributed by atoms with Gasteiger partial charge in [0.1, 0.15) is 5.76 Å². The predicted molar refractivity (Wildman–Crippen MR) is 97.6 cm³/mol. The molecule has 1 unspecified atom stereocenters. The number of benzene rings is 1. The lowest BCUT2D eigenvalue weighted by Gasteiger charge is -2.19. The molecular formula is C19H25N3O4. The summed E-state index contributed by atoms with van der Waals surface area (Å²) in [5.74, 6) is 0.509. The summed E-state index contributed by atoms with van der Waals surface area (Å²) in [6, 6.07) is 12.3. The second-order valence-electron chi connectivity index (χ2n) is 6.26. The molecule has 0 fully saturated rings. The molecule has 1 aromatic heterocycles. The van der Waals surface area contributed by atoms with Gasteiger partial charge in [0.2, 0.25) is 0 Å². The summed E-state index contributed by atoms with van der Waals surface area (Å²) in [7, 11) is 4.95. The summed E-state index contributed by atoms with van der Waals surface area (Å²) < 4.78 is 5.43. The van der Waals surface area contributed by atoms with Gasteiger partial charge in [-0.25, -0.2) is 4.79 Å². The highest BCUT2D eigenvalue weighted by molar-refractivity contribution is 5.91. The van der Waals surface area contributed by atoms with Crippen molar-refractivity contribution in [2.45, 2.75) is 19.1 Å². The van der Waals surface area contributed by atoms with E-state index in [1.165, 1.54) is 9.80 Å². The Hall–Kier alpha value is -2.80. The van der Waals surface area contributed by atoms with E-state index in [1.807, 2.05) is 30.3 Å². The van der Waals surface area contributed by atoms with Crippen molar-refractivity contribution in [1.29, 1.82) is 0 Å². The minimum Gasteiger partial charge on any atom is -0.454 e. The number of nitrogens with zero attached hydrogens (tertiary/aromatic N) is 2. The number of aliphatic hydroxyl groups excluding tert-OH is 1. The van der Waals surface area contributed by atoms with Crippen LogP contribution >= 0.6 is 0 Å². The number of carbonyl (C=O) groups excluding carboxylic acids is 2. The van der Waals surface area contributed by atoms with E-state index in [2.05, 4.69) is 5.32 Å². The van der Waals surface area contributed by atoms with Crippen LogP contribution in [0, 0.1) is 0 Å². The fourth-order valence-corrected chi connectivity index (χ4v) is 2.37. The van der Waals surface area contributed by atoms with Gasteiger partial charge < -0.3 is 24.6 Å². The number of amides is 3. The van der Waals surface area contributed by atoms with Crippen LogP contribution in [-0.4, -0.2) is 54.5 Å². The van der Waals surface area contributed by atoms with E-state index >= 15 is 0 Å².